The first-order chi connectivity index (χ1) is 6.74. The third-order valence-electron chi connectivity index (χ3n) is 2.34. The highest BCUT2D eigenvalue weighted by Gasteiger charge is 1.97. The fraction of sp³-hybridized carbons (Fsp3) is 0.429. The zero-order valence-electron chi connectivity index (χ0n) is 9.46. The van der Waals surface area contributed by atoms with Crippen LogP contribution in [0.3, 0.4) is 0 Å². The predicted octanol–water partition coefficient (Wildman–Crippen LogP) is 4.62. The van der Waals surface area contributed by atoms with E-state index in [1.807, 2.05) is 0 Å². The molecule has 0 aliphatic rings. The Morgan fingerprint density at radius 2 is 2.07 bits per heavy atom. The van der Waals surface area contributed by atoms with E-state index in [-0.39, 0.29) is 0 Å². The molecule has 14 heavy (non-hydrogen) atoms. The molecule has 0 heterocycles. The minimum atomic E-state index is 0.620. The lowest BCUT2D eigenvalue weighted by Crippen LogP contribution is -1.86. The van der Waals surface area contributed by atoms with Crippen molar-refractivity contribution in [2.75, 3.05) is 0 Å². The first-order valence-electron chi connectivity index (χ1n) is 5.50. The van der Waals surface area contributed by atoms with Gasteiger partial charge in [0.05, 0.1) is 0 Å². The minimum Gasteiger partial charge on any atom is -0.0840 e. The second-order valence-electron chi connectivity index (χ2n) is 4.02. The van der Waals surface area contributed by atoms with Crippen molar-refractivity contribution in [2.45, 2.75) is 39.5 Å². The van der Waals surface area contributed by atoms with Crippen LogP contribution in [0.15, 0.2) is 30.3 Å². The molecule has 0 nitrogen and oxygen atoms in total. The number of unbranched alkanes of at least 4 members (excludes halogenated alkanes) is 1. The summed E-state index contributed by atoms with van der Waals surface area (Å²) in [5.74, 6) is 0.620. The Bertz CT molecular complexity index is 295. The van der Waals surface area contributed by atoms with E-state index in [2.05, 4.69) is 57.2 Å². The summed E-state index contributed by atoms with van der Waals surface area (Å²) in [6, 6.07) is 8.78. The third-order valence-corrected chi connectivity index (χ3v) is 2.34. The van der Waals surface area contributed by atoms with Crippen LogP contribution in [0.25, 0.3) is 6.08 Å². The average molecular weight is 188 g/mol. The lowest BCUT2D eigenvalue weighted by Gasteiger charge is -2.05. The molecule has 0 saturated carbocycles. The van der Waals surface area contributed by atoms with Gasteiger partial charge in [-0.1, -0.05) is 63.6 Å². The molecule has 0 saturated heterocycles. The number of allylic oxidation sites excluding steroid dienone is 1. The van der Waals surface area contributed by atoms with Gasteiger partial charge in [-0.2, -0.15) is 0 Å². The topological polar surface area (TPSA) is 0 Å². The van der Waals surface area contributed by atoms with Gasteiger partial charge in [-0.15, -0.1) is 0 Å². The van der Waals surface area contributed by atoms with Gasteiger partial charge >= 0.3 is 0 Å². The van der Waals surface area contributed by atoms with Crippen LogP contribution in [-0.2, 0) is 0 Å². The third kappa shape index (κ3) is 3.37. The summed E-state index contributed by atoms with van der Waals surface area (Å²) in [6.45, 7) is 6.67. The van der Waals surface area contributed by atoms with Gasteiger partial charge in [0, 0.05) is 0 Å². The SMILES string of the molecule is CCC/C=C/c1cccc(C(C)C)c1. The van der Waals surface area contributed by atoms with Gasteiger partial charge in [0.25, 0.3) is 0 Å². The Kier molecular flexibility index (Phi) is 4.45. The molecule has 0 amide bonds. The van der Waals surface area contributed by atoms with E-state index in [0.29, 0.717) is 5.92 Å². The zero-order chi connectivity index (χ0) is 10.4. The molecular weight excluding hydrogens is 168 g/mol. The van der Waals surface area contributed by atoms with E-state index < -0.39 is 0 Å². The van der Waals surface area contributed by atoms with Crippen LogP contribution in [0.4, 0.5) is 0 Å². The van der Waals surface area contributed by atoms with E-state index in [9.17, 15) is 0 Å². The highest BCUT2D eigenvalue weighted by atomic mass is 14.0. The van der Waals surface area contributed by atoms with Gasteiger partial charge in [0.1, 0.15) is 0 Å². The summed E-state index contributed by atoms with van der Waals surface area (Å²) in [7, 11) is 0. The summed E-state index contributed by atoms with van der Waals surface area (Å²) in [5.41, 5.74) is 2.74. The van der Waals surface area contributed by atoms with Crippen LogP contribution in [0.5, 0.6) is 0 Å². The molecule has 0 bridgehead atoms. The monoisotopic (exact) mass is 188 g/mol. The molecule has 0 heteroatoms. The second kappa shape index (κ2) is 5.64. The Labute approximate surface area is 87.7 Å². The average Bonchev–Trinajstić information content (AvgIpc) is 2.19. The molecule has 1 rings (SSSR count). The summed E-state index contributed by atoms with van der Waals surface area (Å²) in [5, 5.41) is 0. The largest absolute Gasteiger partial charge is 0.0840 e. The van der Waals surface area contributed by atoms with Crippen molar-refractivity contribution in [1.82, 2.24) is 0 Å². The summed E-state index contributed by atoms with van der Waals surface area (Å²) in [6.07, 6.45) is 6.86. The second-order valence-corrected chi connectivity index (χ2v) is 4.02. The molecule has 0 radical (unpaired) electrons. The van der Waals surface area contributed by atoms with Gasteiger partial charge in [0.15, 0.2) is 0 Å². The maximum Gasteiger partial charge on any atom is -0.0219 e. The molecule has 0 aromatic heterocycles. The van der Waals surface area contributed by atoms with Crippen molar-refractivity contribution in [1.29, 1.82) is 0 Å². The number of rotatable bonds is 4. The molecule has 0 fully saturated rings. The molecule has 0 aliphatic carbocycles. The highest BCUT2D eigenvalue weighted by Crippen LogP contribution is 2.16. The number of hydrogen-bond donors (Lipinski definition) is 0. The summed E-state index contributed by atoms with van der Waals surface area (Å²) >= 11 is 0. The van der Waals surface area contributed by atoms with Gasteiger partial charge in [-0.25, -0.2) is 0 Å². The van der Waals surface area contributed by atoms with Crippen molar-refractivity contribution in [3.05, 3.63) is 41.5 Å². The summed E-state index contributed by atoms with van der Waals surface area (Å²) < 4.78 is 0. The maximum absolute atomic E-state index is 2.27. The van der Waals surface area contributed by atoms with Crippen molar-refractivity contribution < 1.29 is 0 Å². The molecule has 0 aliphatic heterocycles. The Morgan fingerprint density at radius 3 is 2.71 bits per heavy atom. The molecule has 0 N–H and O–H groups in total. The maximum atomic E-state index is 2.27. The molecule has 0 unspecified atom stereocenters. The van der Waals surface area contributed by atoms with Crippen molar-refractivity contribution in [3.8, 4) is 0 Å². The Hall–Kier alpha value is -1.04. The highest BCUT2D eigenvalue weighted by molar-refractivity contribution is 5.50. The van der Waals surface area contributed by atoms with Gasteiger partial charge in [0.2, 0.25) is 0 Å². The molecule has 76 valence electrons. The van der Waals surface area contributed by atoms with Crippen LogP contribution in [0, 0.1) is 0 Å². The quantitative estimate of drug-likeness (QED) is 0.646. The number of hydrogen-bond acceptors (Lipinski definition) is 0. The molecule has 0 spiro atoms. The lowest BCUT2D eigenvalue weighted by molar-refractivity contribution is 0.866. The van der Waals surface area contributed by atoms with E-state index in [1.54, 1.807) is 0 Å². The first-order valence-corrected chi connectivity index (χ1v) is 5.50. The van der Waals surface area contributed by atoms with Crippen molar-refractivity contribution in [2.24, 2.45) is 0 Å². The minimum absolute atomic E-state index is 0.620. The van der Waals surface area contributed by atoms with E-state index in [1.165, 1.54) is 24.0 Å². The standard InChI is InChI=1S/C14H20/c1-4-5-6-8-13-9-7-10-14(11-13)12(2)3/h6-12H,4-5H2,1-3H3/b8-6+. The lowest BCUT2D eigenvalue weighted by atomic mass is 10.0. The molecular formula is C14H20. The Balaban J connectivity index is 2.73. The predicted molar refractivity (Wildman–Crippen MR) is 64.5 cm³/mol. The zero-order valence-corrected chi connectivity index (χ0v) is 9.46. The summed E-state index contributed by atoms with van der Waals surface area (Å²) in [4.78, 5) is 0. The van der Waals surface area contributed by atoms with Crippen LogP contribution in [0.1, 0.15) is 50.7 Å². The normalized spacial score (nSPS) is 11.4. The Morgan fingerprint density at radius 1 is 1.29 bits per heavy atom. The molecule has 1 aromatic rings. The van der Waals surface area contributed by atoms with Crippen molar-refractivity contribution in [3.63, 3.8) is 0 Å². The smallest absolute Gasteiger partial charge is 0.0219 e. The van der Waals surface area contributed by atoms with Crippen LogP contribution in [0.2, 0.25) is 0 Å². The van der Waals surface area contributed by atoms with E-state index >= 15 is 0 Å². The number of benzene rings is 1. The first kappa shape index (κ1) is 11.0. The fourth-order valence-corrected chi connectivity index (χ4v) is 1.41. The van der Waals surface area contributed by atoms with E-state index in [0.717, 1.165) is 0 Å². The molecule has 0 atom stereocenters. The fourth-order valence-electron chi connectivity index (χ4n) is 1.41. The van der Waals surface area contributed by atoms with Crippen molar-refractivity contribution >= 4 is 6.08 Å². The van der Waals surface area contributed by atoms with Gasteiger partial charge in [-0.3, -0.25) is 0 Å². The van der Waals surface area contributed by atoms with Crippen LogP contribution >= 0.6 is 0 Å². The van der Waals surface area contributed by atoms with Crippen LogP contribution in [-0.4, -0.2) is 0 Å². The van der Waals surface area contributed by atoms with E-state index in [4.69, 9.17) is 0 Å². The van der Waals surface area contributed by atoms with Gasteiger partial charge in [-0.05, 0) is 23.5 Å². The van der Waals surface area contributed by atoms with Crippen LogP contribution < -0.4 is 0 Å². The molecule has 1 aromatic carbocycles. The van der Waals surface area contributed by atoms with Gasteiger partial charge < -0.3 is 0 Å².